The van der Waals surface area contributed by atoms with Crippen molar-refractivity contribution in [3.05, 3.63) is 72.1 Å². The number of benzene rings is 2. The Bertz CT molecular complexity index is 709. The van der Waals surface area contributed by atoms with Crippen molar-refractivity contribution in [2.75, 3.05) is 0 Å². The molecule has 2 aromatic carbocycles. The van der Waals surface area contributed by atoms with E-state index < -0.39 is 0 Å². The van der Waals surface area contributed by atoms with Gasteiger partial charge in [-0.1, -0.05) is 42.5 Å². The van der Waals surface area contributed by atoms with Gasteiger partial charge in [-0.3, -0.25) is 4.79 Å². The van der Waals surface area contributed by atoms with Gasteiger partial charge in [-0.05, 0) is 24.3 Å². The quantitative estimate of drug-likeness (QED) is 0.570. The highest BCUT2D eigenvalue weighted by Crippen LogP contribution is 2.11. The monoisotopic (exact) mass is 248 g/mol. The van der Waals surface area contributed by atoms with Crippen molar-refractivity contribution in [1.29, 1.82) is 0 Å². The number of para-hydroxylation sites is 2. The lowest BCUT2D eigenvalue weighted by molar-refractivity contribution is 0.104. The van der Waals surface area contributed by atoms with E-state index in [1.165, 1.54) is 6.08 Å². The number of H-pyrrole nitrogens is 1. The van der Waals surface area contributed by atoms with Gasteiger partial charge in [0.2, 0.25) is 0 Å². The Labute approximate surface area is 110 Å². The summed E-state index contributed by atoms with van der Waals surface area (Å²) >= 11 is 0. The fourth-order valence-electron chi connectivity index (χ4n) is 1.90. The van der Waals surface area contributed by atoms with Gasteiger partial charge in [-0.2, -0.15) is 0 Å². The number of carbonyl (C=O) groups excluding carboxylic acids is 1. The molecule has 1 heterocycles. The zero-order valence-corrected chi connectivity index (χ0v) is 10.2. The summed E-state index contributed by atoms with van der Waals surface area (Å²) in [5.41, 5.74) is 2.54. The first-order valence-electron chi connectivity index (χ1n) is 6.05. The first-order valence-corrected chi connectivity index (χ1v) is 6.05. The zero-order valence-electron chi connectivity index (χ0n) is 10.2. The highest BCUT2D eigenvalue weighted by atomic mass is 16.1. The van der Waals surface area contributed by atoms with Crippen LogP contribution in [-0.2, 0) is 0 Å². The van der Waals surface area contributed by atoms with Crippen LogP contribution in [0.2, 0.25) is 0 Å². The van der Waals surface area contributed by atoms with Gasteiger partial charge >= 0.3 is 0 Å². The van der Waals surface area contributed by atoms with Crippen LogP contribution in [0.25, 0.3) is 17.1 Å². The minimum Gasteiger partial charge on any atom is -0.338 e. The molecule has 0 spiro atoms. The van der Waals surface area contributed by atoms with E-state index in [4.69, 9.17) is 0 Å². The number of imidazole rings is 1. The summed E-state index contributed by atoms with van der Waals surface area (Å²) in [5, 5.41) is 0. The van der Waals surface area contributed by atoms with E-state index in [1.54, 1.807) is 18.2 Å². The van der Waals surface area contributed by atoms with E-state index in [0.717, 1.165) is 11.0 Å². The van der Waals surface area contributed by atoms with E-state index in [9.17, 15) is 4.79 Å². The molecule has 1 aromatic heterocycles. The lowest BCUT2D eigenvalue weighted by atomic mass is 10.1. The Kier molecular flexibility index (Phi) is 2.94. The number of ketones is 1. The molecule has 0 fully saturated rings. The summed E-state index contributed by atoms with van der Waals surface area (Å²) in [6.45, 7) is 0. The van der Waals surface area contributed by atoms with Crippen LogP contribution in [0.4, 0.5) is 0 Å². The van der Waals surface area contributed by atoms with Crippen molar-refractivity contribution in [2.24, 2.45) is 0 Å². The molecule has 0 unspecified atom stereocenters. The standard InChI is InChI=1S/C16H12N2O/c19-15(12-6-2-1-3-7-12)10-11-16-17-13-8-4-5-9-14(13)18-16/h1-11H,(H,17,18). The summed E-state index contributed by atoms with van der Waals surface area (Å²) in [5.74, 6) is 0.659. The van der Waals surface area contributed by atoms with E-state index >= 15 is 0 Å². The molecule has 0 saturated carbocycles. The van der Waals surface area contributed by atoms with Crippen LogP contribution in [0.15, 0.2) is 60.7 Å². The smallest absolute Gasteiger partial charge is 0.185 e. The number of hydrogen-bond donors (Lipinski definition) is 1. The predicted octanol–water partition coefficient (Wildman–Crippen LogP) is 3.46. The zero-order chi connectivity index (χ0) is 13.1. The molecule has 3 rings (SSSR count). The summed E-state index contributed by atoms with van der Waals surface area (Å²) in [7, 11) is 0. The Hall–Kier alpha value is -2.68. The van der Waals surface area contributed by atoms with E-state index in [1.807, 2.05) is 42.5 Å². The van der Waals surface area contributed by atoms with Crippen LogP contribution in [0.1, 0.15) is 16.2 Å². The normalized spacial score (nSPS) is 11.2. The summed E-state index contributed by atoms with van der Waals surface area (Å²) in [6, 6.07) is 17.0. The van der Waals surface area contributed by atoms with Crippen LogP contribution < -0.4 is 0 Å². The Balaban J connectivity index is 1.84. The van der Waals surface area contributed by atoms with Crippen molar-refractivity contribution >= 4 is 22.9 Å². The van der Waals surface area contributed by atoms with Crippen molar-refractivity contribution in [1.82, 2.24) is 9.97 Å². The molecular weight excluding hydrogens is 236 g/mol. The minimum atomic E-state index is -0.0268. The Morgan fingerprint density at radius 3 is 2.53 bits per heavy atom. The van der Waals surface area contributed by atoms with Crippen molar-refractivity contribution in [3.63, 3.8) is 0 Å². The largest absolute Gasteiger partial charge is 0.338 e. The van der Waals surface area contributed by atoms with Crippen molar-refractivity contribution in [2.45, 2.75) is 0 Å². The molecular formula is C16H12N2O. The number of carbonyl (C=O) groups is 1. The van der Waals surface area contributed by atoms with Crippen LogP contribution in [0.5, 0.6) is 0 Å². The number of fused-ring (bicyclic) bond motifs is 1. The first kappa shape index (κ1) is 11.4. The molecule has 0 bridgehead atoms. The third kappa shape index (κ3) is 2.45. The number of allylic oxidation sites excluding steroid dienone is 1. The predicted molar refractivity (Wildman–Crippen MR) is 75.9 cm³/mol. The summed E-state index contributed by atoms with van der Waals surface area (Å²) < 4.78 is 0. The van der Waals surface area contributed by atoms with Crippen LogP contribution in [-0.4, -0.2) is 15.8 Å². The lowest BCUT2D eigenvalue weighted by Crippen LogP contribution is -1.92. The van der Waals surface area contributed by atoms with Crippen LogP contribution >= 0.6 is 0 Å². The molecule has 3 aromatic rings. The molecule has 0 atom stereocenters. The number of nitrogens with one attached hydrogen (secondary N) is 1. The maximum absolute atomic E-state index is 11.9. The number of nitrogens with zero attached hydrogens (tertiary/aromatic N) is 1. The van der Waals surface area contributed by atoms with Gasteiger partial charge in [0.1, 0.15) is 5.82 Å². The molecule has 0 saturated heterocycles. The third-order valence-electron chi connectivity index (χ3n) is 2.86. The second-order valence-electron chi connectivity index (χ2n) is 4.20. The number of aromatic amines is 1. The number of rotatable bonds is 3. The van der Waals surface area contributed by atoms with Crippen molar-refractivity contribution in [3.8, 4) is 0 Å². The summed E-state index contributed by atoms with van der Waals surface area (Å²) in [4.78, 5) is 19.4. The molecule has 3 nitrogen and oxygen atoms in total. The highest BCUT2D eigenvalue weighted by molar-refractivity contribution is 6.06. The van der Waals surface area contributed by atoms with Gasteiger partial charge in [-0.25, -0.2) is 4.98 Å². The van der Waals surface area contributed by atoms with Gasteiger partial charge in [0.15, 0.2) is 5.78 Å². The molecule has 0 radical (unpaired) electrons. The van der Waals surface area contributed by atoms with Crippen molar-refractivity contribution < 1.29 is 4.79 Å². The molecule has 0 aliphatic rings. The SMILES string of the molecule is O=C(C=Cc1nc2ccccc2[nH]1)c1ccccc1. The molecule has 0 aliphatic carbocycles. The fourth-order valence-corrected chi connectivity index (χ4v) is 1.90. The minimum absolute atomic E-state index is 0.0268. The Morgan fingerprint density at radius 1 is 1.00 bits per heavy atom. The van der Waals surface area contributed by atoms with Gasteiger partial charge in [0.25, 0.3) is 0 Å². The second kappa shape index (κ2) is 4.90. The maximum Gasteiger partial charge on any atom is 0.185 e. The first-order chi connectivity index (χ1) is 9.33. The van der Waals surface area contributed by atoms with Gasteiger partial charge < -0.3 is 4.98 Å². The van der Waals surface area contributed by atoms with Crippen LogP contribution in [0, 0.1) is 0 Å². The number of aromatic nitrogens is 2. The van der Waals surface area contributed by atoms with E-state index in [2.05, 4.69) is 9.97 Å². The topological polar surface area (TPSA) is 45.8 Å². The lowest BCUT2D eigenvalue weighted by Gasteiger charge is -1.92. The average molecular weight is 248 g/mol. The third-order valence-corrected chi connectivity index (χ3v) is 2.86. The molecule has 0 amide bonds. The Morgan fingerprint density at radius 2 is 1.74 bits per heavy atom. The molecule has 0 aliphatic heterocycles. The van der Waals surface area contributed by atoms with Gasteiger partial charge in [0.05, 0.1) is 11.0 Å². The molecule has 3 heteroatoms. The number of hydrogen-bond acceptors (Lipinski definition) is 2. The summed E-state index contributed by atoms with van der Waals surface area (Å²) in [6.07, 6.45) is 3.24. The molecule has 1 N–H and O–H groups in total. The van der Waals surface area contributed by atoms with Gasteiger partial charge in [0, 0.05) is 5.56 Å². The second-order valence-corrected chi connectivity index (χ2v) is 4.20. The average Bonchev–Trinajstić information content (AvgIpc) is 2.88. The van der Waals surface area contributed by atoms with E-state index in [-0.39, 0.29) is 5.78 Å². The molecule has 19 heavy (non-hydrogen) atoms. The molecule has 92 valence electrons. The highest BCUT2D eigenvalue weighted by Gasteiger charge is 2.01. The van der Waals surface area contributed by atoms with E-state index in [0.29, 0.717) is 11.4 Å². The van der Waals surface area contributed by atoms with Crippen LogP contribution in [0.3, 0.4) is 0 Å². The fraction of sp³-hybridized carbons (Fsp3) is 0. The maximum atomic E-state index is 11.9. The van der Waals surface area contributed by atoms with Gasteiger partial charge in [-0.15, -0.1) is 0 Å².